The van der Waals surface area contributed by atoms with Crippen LogP contribution in [-0.2, 0) is 4.79 Å². The molecule has 5 nitrogen and oxygen atoms in total. The lowest BCUT2D eigenvalue weighted by Gasteiger charge is -2.21. The Hall–Kier alpha value is -2.95. The van der Waals surface area contributed by atoms with E-state index in [4.69, 9.17) is 0 Å². The van der Waals surface area contributed by atoms with Gasteiger partial charge in [-0.25, -0.2) is 9.50 Å². The fraction of sp³-hybridized carbons (Fsp3) is 0.375. The molecule has 1 aliphatic carbocycles. The Bertz CT molecular complexity index is 1220. The van der Waals surface area contributed by atoms with E-state index >= 15 is 0 Å². The third-order valence-corrected chi connectivity index (χ3v) is 6.30. The number of nitrogens with zero attached hydrogens (tertiary/aromatic N) is 3. The third-order valence-electron chi connectivity index (χ3n) is 6.30. The number of hydrogen-bond donors (Lipinski definition) is 1. The first kappa shape index (κ1) is 18.1. The minimum absolute atomic E-state index is 0.383. The highest BCUT2D eigenvalue weighted by Gasteiger charge is 2.22. The molecule has 0 spiro atoms. The van der Waals surface area contributed by atoms with Crippen LogP contribution in [0.5, 0.6) is 0 Å². The fourth-order valence-corrected chi connectivity index (χ4v) is 4.82. The van der Waals surface area contributed by atoms with Crippen molar-refractivity contribution in [2.75, 3.05) is 0 Å². The lowest BCUT2D eigenvalue weighted by atomic mass is 9.83. The maximum absolute atomic E-state index is 11.6. The average molecular weight is 386 g/mol. The van der Waals surface area contributed by atoms with E-state index < -0.39 is 0 Å². The molecule has 5 heteroatoms. The number of aromatic amines is 1. The van der Waals surface area contributed by atoms with Crippen LogP contribution in [0.25, 0.3) is 27.8 Å². The van der Waals surface area contributed by atoms with E-state index in [2.05, 4.69) is 66.3 Å². The zero-order valence-corrected chi connectivity index (χ0v) is 17.2. The summed E-state index contributed by atoms with van der Waals surface area (Å²) in [6.07, 6.45) is 7.04. The van der Waals surface area contributed by atoms with Crippen LogP contribution in [0.3, 0.4) is 0 Å². The Morgan fingerprint density at radius 3 is 2.72 bits per heavy atom. The van der Waals surface area contributed by atoms with Crippen LogP contribution in [0.2, 0.25) is 0 Å². The second-order valence-electron chi connectivity index (χ2n) is 8.63. The number of ketones is 1. The Morgan fingerprint density at radius 2 is 1.97 bits per heavy atom. The van der Waals surface area contributed by atoms with E-state index in [1.807, 2.05) is 4.52 Å². The Balaban J connectivity index is 1.65. The van der Waals surface area contributed by atoms with Crippen molar-refractivity contribution in [3.8, 4) is 11.3 Å². The van der Waals surface area contributed by atoms with Gasteiger partial charge in [0.25, 0.3) is 0 Å². The van der Waals surface area contributed by atoms with Gasteiger partial charge in [-0.05, 0) is 66.5 Å². The van der Waals surface area contributed by atoms with E-state index in [1.54, 1.807) is 6.33 Å². The van der Waals surface area contributed by atoms with Gasteiger partial charge in [0.15, 0.2) is 5.65 Å². The standard InChI is InChI=1S/C24H26N4O/c1-14(2)22-20-11-17(16-4-7-19(29)8-5-16)6-9-21(20)27-23(22)18-10-15(3)24-25-13-26-28(24)12-18/h6,9-14,16,27H,4-5,7-8H2,1-3H3. The van der Waals surface area contributed by atoms with Crippen LogP contribution in [0, 0.1) is 6.92 Å². The number of H-pyrrole nitrogens is 1. The van der Waals surface area contributed by atoms with Gasteiger partial charge in [-0.2, -0.15) is 5.10 Å². The summed E-state index contributed by atoms with van der Waals surface area (Å²) in [6.45, 7) is 6.57. The van der Waals surface area contributed by atoms with Crippen molar-refractivity contribution in [1.29, 1.82) is 0 Å². The number of pyridine rings is 1. The van der Waals surface area contributed by atoms with E-state index in [9.17, 15) is 4.79 Å². The summed E-state index contributed by atoms with van der Waals surface area (Å²) in [5.41, 5.74) is 8.16. The molecule has 0 unspecified atom stereocenters. The van der Waals surface area contributed by atoms with Gasteiger partial charge in [0.1, 0.15) is 12.1 Å². The van der Waals surface area contributed by atoms with Crippen molar-refractivity contribution in [2.24, 2.45) is 0 Å². The van der Waals surface area contributed by atoms with Crippen LogP contribution in [0.15, 0.2) is 36.8 Å². The monoisotopic (exact) mass is 386 g/mol. The molecule has 1 N–H and O–H groups in total. The number of carbonyl (C=O) groups excluding carboxylic acids is 1. The maximum atomic E-state index is 11.6. The second-order valence-corrected chi connectivity index (χ2v) is 8.63. The van der Waals surface area contributed by atoms with Gasteiger partial charge < -0.3 is 4.98 Å². The molecule has 1 saturated carbocycles. The lowest BCUT2D eigenvalue weighted by molar-refractivity contribution is -0.120. The molecule has 0 saturated heterocycles. The first-order valence-electron chi connectivity index (χ1n) is 10.5. The highest BCUT2D eigenvalue weighted by atomic mass is 16.1. The highest BCUT2D eigenvalue weighted by molar-refractivity contribution is 5.92. The van der Waals surface area contributed by atoms with Crippen molar-refractivity contribution < 1.29 is 4.79 Å². The molecular formula is C24H26N4O. The van der Waals surface area contributed by atoms with Crippen molar-refractivity contribution in [3.63, 3.8) is 0 Å². The average Bonchev–Trinajstić information content (AvgIpc) is 3.32. The van der Waals surface area contributed by atoms with Gasteiger partial charge in [0.2, 0.25) is 0 Å². The highest BCUT2D eigenvalue weighted by Crippen LogP contribution is 2.39. The van der Waals surface area contributed by atoms with Gasteiger partial charge in [-0.1, -0.05) is 19.9 Å². The largest absolute Gasteiger partial charge is 0.354 e. The molecule has 4 aromatic rings. The third kappa shape index (κ3) is 3.05. The minimum atomic E-state index is 0.383. The summed E-state index contributed by atoms with van der Waals surface area (Å²) in [5, 5.41) is 5.63. The Labute approximate surface area is 170 Å². The summed E-state index contributed by atoms with van der Waals surface area (Å²) < 4.78 is 1.85. The quantitative estimate of drug-likeness (QED) is 0.503. The van der Waals surface area contributed by atoms with Gasteiger partial charge in [-0.15, -0.1) is 0 Å². The first-order valence-corrected chi connectivity index (χ1v) is 10.5. The van der Waals surface area contributed by atoms with E-state index in [1.165, 1.54) is 16.5 Å². The second kappa shape index (κ2) is 6.83. The number of rotatable bonds is 3. The topological polar surface area (TPSA) is 63.0 Å². The number of nitrogens with one attached hydrogen (secondary N) is 1. The summed E-state index contributed by atoms with van der Waals surface area (Å²) in [6, 6.07) is 8.98. The van der Waals surface area contributed by atoms with Crippen LogP contribution in [0.1, 0.15) is 68.1 Å². The molecule has 3 heterocycles. The minimum Gasteiger partial charge on any atom is -0.354 e. The normalized spacial score (nSPS) is 15.8. The van der Waals surface area contributed by atoms with Crippen molar-refractivity contribution in [3.05, 3.63) is 53.5 Å². The van der Waals surface area contributed by atoms with Gasteiger partial charge in [0, 0.05) is 35.5 Å². The SMILES string of the molecule is Cc1cc(-c2[nH]c3ccc(C4CCC(=O)CC4)cc3c2C(C)C)cn2ncnc12. The van der Waals surface area contributed by atoms with E-state index in [-0.39, 0.29) is 0 Å². The Morgan fingerprint density at radius 1 is 1.17 bits per heavy atom. The van der Waals surface area contributed by atoms with Crippen LogP contribution >= 0.6 is 0 Å². The van der Waals surface area contributed by atoms with Gasteiger partial charge in [0.05, 0.1) is 5.69 Å². The zero-order chi connectivity index (χ0) is 20.1. The smallest absolute Gasteiger partial charge is 0.158 e. The summed E-state index contributed by atoms with van der Waals surface area (Å²) in [7, 11) is 0. The predicted octanol–water partition coefficient (Wildman–Crippen LogP) is 5.54. The number of Topliss-reactive ketones (excluding diaryl/α,β-unsaturated/α-hetero) is 1. The van der Waals surface area contributed by atoms with Crippen LogP contribution < -0.4 is 0 Å². The fourth-order valence-electron chi connectivity index (χ4n) is 4.82. The number of aromatic nitrogens is 4. The van der Waals surface area contributed by atoms with Crippen molar-refractivity contribution in [2.45, 2.75) is 58.3 Å². The first-order chi connectivity index (χ1) is 14.0. The summed E-state index contributed by atoms with van der Waals surface area (Å²) in [5.74, 6) is 1.28. The van der Waals surface area contributed by atoms with Crippen molar-refractivity contribution >= 4 is 22.3 Å². The lowest BCUT2D eigenvalue weighted by Crippen LogP contribution is -2.12. The van der Waals surface area contributed by atoms with Crippen molar-refractivity contribution in [1.82, 2.24) is 19.6 Å². The zero-order valence-electron chi connectivity index (χ0n) is 17.2. The predicted molar refractivity (Wildman–Crippen MR) is 115 cm³/mol. The maximum Gasteiger partial charge on any atom is 0.158 e. The molecule has 148 valence electrons. The molecule has 3 aromatic heterocycles. The number of hydrogen-bond acceptors (Lipinski definition) is 3. The van der Waals surface area contributed by atoms with E-state index in [0.29, 0.717) is 17.6 Å². The molecule has 0 atom stereocenters. The molecule has 1 aromatic carbocycles. The number of fused-ring (bicyclic) bond motifs is 2. The van der Waals surface area contributed by atoms with Gasteiger partial charge in [-0.3, -0.25) is 4.79 Å². The molecule has 1 aliphatic rings. The van der Waals surface area contributed by atoms with Crippen LogP contribution in [-0.4, -0.2) is 25.4 Å². The van der Waals surface area contributed by atoms with Crippen LogP contribution in [0.4, 0.5) is 0 Å². The van der Waals surface area contributed by atoms with E-state index in [0.717, 1.165) is 53.7 Å². The number of aryl methyl sites for hydroxylation is 1. The number of carbonyl (C=O) groups is 1. The molecular weight excluding hydrogens is 360 g/mol. The number of benzene rings is 1. The summed E-state index contributed by atoms with van der Waals surface area (Å²) >= 11 is 0. The summed E-state index contributed by atoms with van der Waals surface area (Å²) in [4.78, 5) is 19.6. The molecule has 29 heavy (non-hydrogen) atoms. The molecule has 1 fully saturated rings. The molecule has 0 aliphatic heterocycles. The Kier molecular flexibility index (Phi) is 4.26. The molecule has 0 radical (unpaired) electrons. The molecule has 0 bridgehead atoms. The van der Waals surface area contributed by atoms with Gasteiger partial charge >= 0.3 is 0 Å². The molecule has 0 amide bonds. The molecule has 5 rings (SSSR count).